The van der Waals surface area contributed by atoms with Gasteiger partial charge in [-0.15, -0.1) is 0 Å². The minimum absolute atomic E-state index is 0.222. The fraction of sp³-hybridized carbons (Fsp3) is 0.185. The molecule has 3 rings (SSSR count). The lowest BCUT2D eigenvalue weighted by Crippen LogP contribution is -2.50. The highest BCUT2D eigenvalue weighted by Gasteiger charge is 2.25. The average molecular weight is 636 g/mol. The Hall–Kier alpha value is -3.60. The number of amides is 3. The van der Waals surface area contributed by atoms with Crippen molar-refractivity contribution < 1.29 is 23.9 Å². The SMILES string of the molecule is C[C@@H](Oc1ccc(Cl)cc1Cl)C(=O)N[C@H](Cc1ccccc1)C(=O)N/N=C\c1ccc(OCC(N)=O)c(Br)c1. The van der Waals surface area contributed by atoms with Crippen molar-refractivity contribution in [2.45, 2.75) is 25.5 Å². The third-order valence-electron chi connectivity index (χ3n) is 5.20. The molecule has 3 amide bonds. The molecule has 2 atom stereocenters. The third-order valence-corrected chi connectivity index (χ3v) is 6.35. The van der Waals surface area contributed by atoms with Gasteiger partial charge in [-0.3, -0.25) is 14.4 Å². The molecule has 0 aliphatic carbocycles. The average Bonchev–Trinajstić information content (AvgIpc) is 2.89. The molecule has 0 unspecified atom stereocenters. The molecule has 4 N–H and O–H groups in total. The first-order chi connectivity index (χ1) is 18.6. The number of ether oxygens (including phenoxy) is 2. The van der Waals surface area contributed by atoms with Gasteiger partial charge in [0.2, 0.25) is 0 Å². The smallest absolute Gasteiger partial charge is 0.262 e. The summed E-state index contributed by atoms with van der Waals surface area (Å²) in [5, 5.41) is 7.43. The van der Waals surface area contributed by atoms with Gasteiger partial charge < -0.3 is 20.5 Å². The van der Waals surface area contributed by atoms with Gasteiger partial charge in [0.25, 0.3) is 17.7 Å². The maximum absolute atomic E-state index is 13.0. The van der Waals surface area contributed by atoms with Gasteiger partial charge in [-0.2, -0.15) is 5.10 Å². The lowest BCUT2D eigenvalue weighted by molar-refractivity contribution is -0.132. The molecule has 0 spiro atoms. The topological polar surface area (TPSA) is 132 Å². The van der Waals surface area contributed by atoms with Crippen LogP contribution in [-0.2, 0) is 20.8 Å². The number of rotatable bonds is 12. The second-order valence-corrected chi connectivity index (χ2v) is 9.96. The summed E-state index contributed by atoms with van der Waals surface area (Å²) in [5.74, 6) is -0.925. The number of nitrogens with zero attached hydrogens (tertiary/aromatic N) is 1. The van der Waals surface area contributed by atoms with Crippen molar-refractivity contribution >= 4 is 63.1 Å². The molecule has 9 nitrogen and oxygen atoms in total. The Morgan fingerprint density at radius 1 is 1.03 bits per heavy atom. The van der Waals surface area contributed by atoms with Crippen LogP contribution in [0.25, 0.3) is 0 Å². The van der Waals surface area contributed by atoms with E-state index in [2.05, 4.69) is 31.8 Å². The molecule has 0 aliphatic heterocycles. The highest BCUT2D eigenvalue weighted by molar-refractivity contribution is 9.10. The molecule has 3 aromatic carbocycles. The van der Waals surface area contributed by atoms with E-state index in [1.165, 1.54) is 12.3 Å². The number of hydrogen-bond acceptors (Lipinski definition) is 6. The fourth-order valence-corrected chi connectivity index (χ4v) is 4.24. The van der Waals surface area contributed by atoms with Gasteiger partial charge in [0, 0.05) is 11.4 Å². The number of nitrogens with two attached hydrogens (primary N) is 1. The quantitative estimate of drug-likeness (QED) is 0.202. The molecule has 0 saturated heterocycles. The minimum Gasteiger partial charge on any atom is -0.483 e. The molecule has 0 fully saturated rings. The fourth-order valence-electron chi connectivity index (χ4n) is 3.27. The van der Waals surface area contributed by atoms with Crippen molar-refractivity contribution in [1.82, 2.24) is 10.7 Å². The molecule has 0 bridgehead atoms. The summed E-state index contributed by atoms with van der Waals surface area (Å²) >= 11 is 15.4. The summed E-state index contributed by atoms with van der Waals surface area (Å²) < 4.78 is 11.5. The van der Waals surface area contributed by atoms with E-state index < -0.39 is 29.9 Å². The number of hydrogen-bond donors (Lipinski definition) is 3. The highest BCUT2D eigenvalue weighted by Crippen LogP contribution is 2.28. The van der Waals surface area contributed by atoms with E-state index >= 15 is 0 Å². The van der Waals surface area contributed by atoms with Gasteiger partial charge >= 0.3 is 0 Å². The predicted molar refractivity (Wildman–Crippen MR) is 153 cm³/mol. The molecule has 204 valence electrons. The number of benzene rings is 3. The Morgan fingerprint density at radius 3 is 2.41 bits per heavy atom. The first kappa shape index (κ1) is 29.9. The van der Waals surface area contributed by atoms with Crippen molar-refractivity contribution in [3.8, 4) is 11.5 Å². The summed E-state index contributed by atoms with van der Waals surface area (Å²) in [7, 11) is 0. The van der Waals surface area contributed by atoms with E-state index in [1.54, 1.807) is 37.3 Å². The van der Waals surface area contributed by atoms with Crippen LogP contribution in [-0.4, -0.2) is 42.7 Å². The van der Waals surface area contributed by atoms with Gasteiger partial charge in [0.15, 0.2) is 12.7 Å². The summed E-state index contributed by atoms with van der Waals surface area (Å²) in [6.45, 7) is 1.29. The molecule has 0 aliphatic rings. The number of hydrazone groups is 1. The maximum atomic E-state index is 13.0. The van der Waals surface area contributed by atoms with Crippen LogP contribution in [0, 0.1) is 0 Å². The largest absolute Gasteiger partial charge is 0.483 e. The summed E-state index contributed by atoms with van der Waals surface area (Å²) in [6, 6.07) is 18.0. The molecular formula is C27H25BrCl2N4O5. The number of halogens is 3. The van der Waals surface area contributed by atoms with E-state index in [9.17, 15) is 14.4 Å². The molecule has 12 heteroatoms. The second kappa shape index (κ2) is 14.5. The van der Waals surface area contributed by atoms with Crippen LogP contribution in [0.4, 0.5) is 0 Å². The van der Waals surface area contributed by atoms with Crippen molar-refractivity contribution in [3.63, 3.8) is 0 Å². The zero-order valence-electron chi connectivity index (χ0n) is 20.7. The Morgan fingerprint density at radius 2 is 1.74 bits per heavy atom. The van der Waals surface area contributed by atoms with Crippen LogP contribution in [0.1, 0.15) is 18.1 Å². The first-order valence-electron chi connectivity index (χ1n) is 11.6. The van der Waals surface area contributed by atoms with Crippen LogP contribution >= 0.6 is 39.1 Å². The summed E-state index contributed by atoms with van der Waals surface area (Å²) in [6.07, 6.45) is 0.696. The zero-order chi connectivity index (χ0) is 28.4. The van der Waals surface area contributed by atoms with Crippen LogP contribution in [0.3, 0.4) is 0 Å². The molecule has 39 heavy (non-hydrogen) atoms. The Balaban J connectivity index is 1.67. The van der Waals surface area contributed by atoms with E-state index in [0.717, 1.165) is 5.56 Å². The summed E-state index contributed by atoms with van der Waals surface area (Å²) in [4.78, 5) is 36.9. The monoisotopic (exact) mass is 634 g/mol. The number of carbonyl (C=O) groups is 3. The standard InChI is InChI=1S/C27H25BrCl2N4O5/c1-16(39-24-10-8-19(29)13-21(24)30)26(36)33-22(12-17-5-3-2-4-6-17)27(37)34-32-14-18-7-9-23(20(28)11-18)38-15-25(31)35/h2-11,13-14,16,22H,12,15H2,1H3,(H2,31,35)(H,33,36)(H,34,37)/b32-14-/t16-,22-/m1/s1. The second-order valence-electron chi connectivity index (χ2n) is 8.26. The lowest BCUT2D eigenvalue weighted by atomic mass is 10.1. The van der Waals surface area contributed by atoms with Crippen LogP contribution < -0.4 is 25.9 Å². The van der Waals surface area contributed by atoms with E-state index in [1.807, 2.05) is 30.3 Å². The first-order valence-corrected chi connectivity index (χ1v) is 13.2. The van der Waals surface area contributed by atoms with Gasteiger partial charge in [-0.1, -0.05) is 53.5 Å². The van der Waals surface area contributed by atoms with Crippen LogP contribution in [0.2, 0.25) is 10.0 Å². The van der Waals surface area contributed by atoms with Crippen molar-refractivity contribution in [2.24, 2.45) is 10.8 Å². The number of nitrogens with one attached hydrogen (secondary N) is 2. The normalized spacial score (nSPS) is 12.4. The van der Waals surface area contributed by atoms with E-state index in [-0.39, 0.29) is 23.8 Å². The van der Waals surface area contributed by atoms with Gasteiger partial charge in [-0.25, -0.2) is 5.43 Å². The Bertz CT molecular complexity index is 1360. The van der Waals surface area contributed by atoms with Crippen molar-refractivity contribution in [2.75, 3.05) is 6.61 Å². The molecule has 0 saturated carbocycles. The number of primary amides is 1. The maximum Gasteiger partial charge on any atom is 0.262 e. The highest BCUT2D eigenvalue weighted by atomic mass is 79.9. The molecule has 0 aromatic heterocycles. The van der Waals surface area contributed by atoms with Crippen LogP contribution in [0.5, 0.6) is 11.5 Å². The zero-order valence-corrected chi connectivity index (χ0v) is 23.8. The van der Waals surface area contributed by atoms with Crippen molar-refractivity contribution in [1.29, 1.82) is 0 Å². The lowest BCUT2D eigenvalue weighted by Gasteiger charge is -2.21. The Labute approximate surface area is 243 Å². The predicted octanol–water partition coefficient (Wildman–Crippen LogP) is 4.27. The number of carbonyl (C=O) groups excluding carboxylic acids is 3. The molecule has 0 heterocycles. The Kier molecular flexibility index (Phi) is 11.2. The van der Waals surface area contributed by atoms with Crippen molar-refractivity contribution in [3.05, 3.63) is 92.4 Å². The molecule has 3 aromatic rings. The third kappa shape index (κ3) is 9.58. The van der Waals surface area contributed by atoms with Gasteiger partial charge in [-0.05, 0) is 70.4 Å². The molecular weight excluding hydrogens is 611 g/mol. The van der Waals surface area contributed by atoms with E-state index in [0.29, 0.717) is 20.8 Å². The minimum atomic E-state index is -0.953. The van der Waals surface area contributed by atoms with Gasteiger partial charge in [0.1, 0.15) is 17.5 Å². The van der Waals surface area contributed by atoms with Gasteiger partial charge in [0.05, 0.1) is 15.7 Å². The van der Waals surface area contributed by atoms with Crippen LogP contribution in [0.15, 0.2) is 76.3 Å². The molecule has 0 radical (unpaired) electrons. The summed E-state index contributed by atoms with van der Waals surface area (Å²) in [5.41, 5.74) is 9.04. The van der Waals surface area contributed by atoms with E-state index in [4.69, 9.17) is 38.4 Å².